The molecule has 5 nitrogen and oxygen atoms in total. The van der Waals surface area contributed by atoms with E-state index in [1.807, 2.05) is 61.5 Å². The minimum Gasteiger partial charge on any atom is -0.491 e. The first-order chi connectivity index (χ1) is 11.8. The second kappa shape index (κ2) is 10.4. The molecule has 0 saturated heterocycles. The molecular weight excluding hydrogens is 304 g/mol. The number of carbonyl (C=O) groups excluding carboxylic acids is 1. The molecule has 0 atom stereocenters. The molecule has 5 heteroatoms. The number of ether oxygens (including phenoxy) is 2. The van der Waals surface area contributed by atoms with Crippen LogP contribution in [0.2, 0.25) is 0 Å². The van der Waals surface area contributed by atoms with Gasteiger partial charge in [-0.2, -0.15) is 0 Å². The Balaban J connectivity index is 1.68. The molecule has 0 aromatic heterocycles. The van der Waals surface area contributed by atoms with Gasteiger partial charge in [0.05, 0.1) is 6.61 Å². The van der Waals surface area contributed by atoms with E-state index in [4.69, 9.17) is 9.47 Å². The fourth-order valence-electron chi connectivity index (χ4n) is 2.14. The van der Waals surface area contributed by atoms with E-state index in [0.29, 0.717) is 13.2 Å². The number of anilines is 1. The van der Waals surface area contributed by atoms with E-state index in [1.54, 1.807) is 0 Å². The van der Waals surface area contributed by atoms with Crippen LogP contribution >= 0.6 is 0 Å². The van der Waals surface area contributed by atoms with E-state index in [0.717, 1.165) is 30.1 Å². The predicted molar refractivity (Wildman–Crippen MR) is 95.2 cm³/mol. The Hall–Kier alpha value is -2.37. The summed E-state index contributed by atoms with van der Waals surface area (Å²) in [5.74, 6) is 0.626. The standard InChI is InChI=1S/C19H24N2O3/c1-2-20-14-16-8-6-7-11-18(16)21-19(22)15-23-12-13-24-17-9-4-3-5-10-17/h3-11,20H,2,12-15H2,1H3,(H,21,22). The Kier molecular flexibility index (Phi) is 7.80. The Morgan fingerprint density at radius 2 is 1.75 bits per heavy atom. The first-order valence-electron chi connectivity index (χ1n) is 8.13. The molecule has 0 heterocycles. The Morgan fingerprint density at radius 3 is 2.54 bits per heavy atom. The SMILES string of the molecule is CCNCc1ccccc1NC(=O)COCCOc1ccccc1. The molecule has 0 aliphatic carbocycles. The minimum atomic E-state index is -0.168. The van der Waals surface area contributed by atoms with Gasteiger partial charge in [-0.15, -0.1) is 0 Å². The second-order valence-electron chi connectivity index (χ2n) is 5.20. The summed E-state index contributed by atoms with van der Waals surface area (Å²) in [6, 6.07) is 17.3. The van der Waals surface area contributed by atoms with Crippen molar-refractivity contribution in [3.8, 4) is 5.75 Å². The summed E-state index contributed by atoms with van der Waals surface area (Å²) in [6.07, 6.45) is 0. The maximum Gasteiger partial charge on any atom is 0.250 e. The number of nitrogens with one attached hydrogen (secondary N) is 2. The third-order valence-corrected chi connectivity index (χ3v) is 3.33. The third-order valence-electron chi connectivity index (χ3n) is 3.33. The van der Waals surface area contributed by atoms with Gasteiger partial charge in [0.25, 0.3) is 0 Å². The molecule has 0 unspecified atom stereocenters. The average Bonchev–Trinajstić information content (AvgIpc) is 2.61. The highest BCUT2D eigenvalue weighted by molar-refractivity contribution is 5.92. The fraction of sp³-hybridized carbons (Fsp3) is 0.316. The molecule has 24 heavy (non-hydrogen) atoms. The molecule has 0 spiro atoms. The van der Waals surface area contributed by atoms with E-state index in [-0.39, 0.29) is 12.5 Å². The molecule has 0 bridgehead atoms. The molecule has 2 aromatic rings. The van der Waals surface area contributed by atoms with Crippen molar-refractivity contribution in [2.75, 3.05) is 31.7 Å². The fourth-order valence-corrected chi connectivity index (χ4v) is 2.14. The smallest absolute Gasteiger partial charge is 0.250 e. The lowest BCUT2D eigenvalue weighted by atomic mass is 10.1. The summed E-state index contributed by atoms with van der Waals surface area (Å²) < 4.78 is 10.9. The summed E-state index contributed by atoms with van der Waals surface area (Å²) in [5.41, 5.74) is 1.87. The van der Waals surface area contributed by atoms with Gasteiger partial charge in [0.1, 0.15) is 19.0 Å². The zero-order chi connectivity index (χ0) is 17.0. The van der Waals surface area contributed by atoms with Crippen molar-refractivity contribution in [3.05, 3.63) is 60.2 Å². The number of carbonyl (C=O) groups is 1. The highest BCUT2D eigenvalue weighted by atomic mass is 16.5. The molecule has 2 aromatic carbocycles. The first-order valence-corrected chi connectivity index (χ1v) is 8.13. The number of hydrogen-bond donors (Lipinski definition) is 2. The molecule has 0 saturated carbocycles. The van der Waals surface area contributed by atoms with Gasteiger partial charge in [0.15, 0.2) is 0 Å². The zero-order valence-electron chi connectivity index (χ0n) is 14.0. The molecular formula is C19H24N2O3. The summed E-state index contributed by atoms with van der Waals surface area (Å²) in [6.45, 7) is 4.43. The predicted octanol–water partition coefficient (Wildman–Crippen LogP) is 2.83. The van der Waals surface area contributed by atoms with Crippen LogP contribution in [0.5, 0.6) is 5.75 Å². The van der Waals surface area contributed by atoms with Crippen molar-refractivity contribution < 1.29 is 14.3 Å². The van der Waals surface area contributed by atoms with Crippen molar-refractivity contribution in [2.45, 2.75) is 13.5 Å². The number of rotatable bonds is 10. The minimum absolute atomic E-state index is 0.00763. The first kappa shape index (κ1) is 18.0. The third kappa shape index (κ3) is 6.40. The van der Waals surface area contributed by atoms with Crippen LogP contribution in [0.4, 0.5) is 5.69 Å². The lowest BCUT2D eigenvalue weighted by Crippen LogP contribution is -2.22. The number of para-hydroxylation sites is 2. The van der Waals surface area contributed by atoms with Crippen LogP contribution < -0.4 is 15.4 Å². The highest BCUT2D eigenvalue weighted by Gasteiger charge is 2.06. The van der Waals surface area contributed by atoms with Gasteiger partial charge in [0, 0.05) is 12.2 Å². The lowest BCUT2D eigenvalue weighted by molar-refractivity contribution is -0.120. The van der Waals surface area contributed by atoms with Crippen LogP contribution in [-0.2, 0) is 16.1 Å². The van der Waals surface area contributed by atoms with Crippen LogP contribution in [0.25, 0.3) is 0 Å². The quantitative estimate of drug-likeness (QED) is 0.659. The molecule has 2 N–H and O–H groups in total. The van der Waals surface area contributed by atoms with Gasteiger partial charge in [-0.1, -0.05) is 43.3 Å². The Labute approximate surface area is 143 Å². The average molecular weight is 328 g/mol. The number of benzene rings is 2. The molecule has 128 valence electrons. The number of amides is 1. The van der Waals surface area contributed by atoms with E-state index >= 15 is 0 Å². The molecule has 1 amide bonds. The van der Waals surface area contributed by atoms with E-state index in [1.165, 1.54) is 0 Å². The van der Waals surface area contributed by atoms with Crippen LogP contribution in [0.15, 0.2) is 54.6 Å². The van der Waals surface area contributed by atoms with Gasteiger partial charge in [-0.3, -0.25) is 4.79 Å². The monoisotopic (exact) mass is 328 g/mol. The maximum atomic E-state index is 12.0. The summed E-state index contributed by atoms with van der Waals surface area (Å²) >= 11 is 0. The largest absolute Gasteiger partial charge is 0.491 e. The summed E-state index contributed by atoms with van der Waals surface area (Å²) in [7, 11) is 0. The van der Waals surface area contributed by atoms with Crippen molar-refractivity contribution >= 4 is 11.6 Å². The highest BCUT2D eigenvalue weighted by Crippen LogP contribution is 2.14. The molecule has 0 aliphatic heterocycles. The van der Waals surface area contributed by atoms with Crippen LogP contribution in [0.1, 0.15) is 12.5 Å². The van der Waals surface area contributed by atoms with E-state index < -0.39 is 0 Å². The molecule has 2 rings (SSSR count). The van der Waals surface area contributed by atoms with Gasteiger partial charge < -0.3 is 20.1 Å². The van der Waals surface area contributed by atoms with E-state index in [2.05, 4.69) is 10.6 Å². The van der Waals surface area contributed by atoms with Crippen LogP contribution in [-0.4, -0.2) is 32.3 Å². The van der Waals surface area contributed by atoms with Crippen molar-refractivity contribution in [1.29, 1.82) is 0 Å². The molecule has 0 aliphatic rings. The van der Waals surface area contributed by atoms with Crippen molar-refractivity contribution in [3.63, 3.8) is 0 Å². The van der Waals surface area contributed by atoms with Crippen molar-refractivity contribution in [2.24, 2.45) is 0 Å². The van der Waals surface area contributed by atoms with Gasteiger partial charge in [-0.05, 0) is 30.3 Å². The molecule has 0 fully saturated rings. The Bertz CT molecular complexity index is 617. The second-order valence-corrected chi connectivity index (χ2v) is 5.20. The van der Waals surface area contributed by atoms with E-state index in [9.17, 15) is 4.79 Å². The Morgan fingerprint density at radius 1 is 1.00 bits per heavy atom. The number of hydrogen-bond acceptors (Lipinski definition) is 4. The lowest BCUT2D eigenvalue weighted by Gasteiger charge is -2.12. The van der Waals surface area contributed by atoms with Gasteiger partial charge >= 0.3 is 0 Å². The topological polar surface area (TPSA) is 59.6 Å². The van der Waals surface area contributed by atoms with Crippen LogP contribution in [0.3, 0.4) is 0 Å². The van der Waals surface area contributed by atoms with Crippen LogP contribution in [0, 0.1) is 0 Å². The molecule has 0 radical (unpaired) electrons. The summed E-state index contributed by atoms with van der Waals surface area (Å²) in [4.78, 5) is 12.0. The van der Waals surface area contributed by atoms with Gasteiger partial charge in [-0.25, -0.2) is 0 Å². The zero-order valence-corrected chi connectivity index (χ0v) is 14.0. The van der Waals surface area contributed by atoms with Gasteiger partial charge in [0.2, 0.25) is 5.91 Å². The maximum absolute atomic E-state index is 12.0. The van der Waals surface area contributed by atoms with Crippen molar-refractivity contribution in [1.82, 2.24) is 5.32 Å². The normalized spacial score (nSPS) is 10.4. The summed E-state index contributed by atoms with van der Waals surface area (Å²) in [5, 5.41) is 6.14.